The number of unbranched alkanes of at least 4 members (excludes halogenated alkanes) is 21. The van der Waals surface area contributed by atoms with Crippen molar-refractivity contribution in [2.75, 3.05) is 26.4 Å². The molecule has 298 valence electrons. The molecular weight excluding hydrogens is 668 g/mol. The third-order valence-electron chi connectivity index (χ3n) is 9.23. The van der Waals surface area contributed by atoms with Crippen LogP contribution in [0.1, 0.15) is 168 Å². The van der Waals surface area contributed by atoms with Crippen LogP contribution in [-0.4, -0.2) is 97.5 Å². The van der Waals surface area contributed by atoms with Crippen LogP contribution in [0, 0.1) is 0 Å². The van der Waals surface area contributed by atoms with E-state index in [9.17, 15) is 28.5 Å². The van der Waals surface area contributed by atoms with Crippen molar-refractivity contribution in [3.8, 4) is 0 Å². The second-order valence-corrected chi connectivity index (χ2v) is 14.9. The molecule has 13 heteroatoms. The Bertz CT molecular complexity index is 905. The van der Waals surface area contributed by atoms with Crippen LogP contribution in [0.2, 0.25) is 0 Å². The number of aliphatic hydroxyl groups is 3. The van der Waals surface area contributed by atoms with Gasteiger partial charge in [-0.15, -0.1) is 0 Å². The van der Waals surface area contributed by atoms with Crippen LogP contribution in [-0.2, 0) is 38.3 Å². The highest BCUT2D eigenvalue weighted by atomic mass is 32.3. The van der Waals surface area contributed by atoms with E-state index in [2.05, 4.69) is 18.0 Å². The zero-order chi connectivity index (χ0) is 36.9. The Kier molecular flexibility index (Phi) is 28.8. The number of hydrogen-bond acceptors (Lipinski definition) is 11. The summed E-state index contributed by atoms with van der Waals surface area (Å²) in [5.74, 6) is -0.401. The molecule has 1 aliphatic heterocycles. The molecule has 50 heavy (non-hydrogen) atoms. The van der Waals surface area contributed by atoms with E-state index in [1.165, 1.54) is 103 Å². The summed E-state index contributed by atoms with van der Waals surface area (Å²) in [6.07, 6.45) is 18.7. The van der Waals surface area contributed by atoms with E-state index in [1.54, 1.807) is 0 Å². The fraction of sp³-hybridized carbons (Fsp3) is 0.973. The molecule has 0 aromatic heterocycles. The maximum Gasteiger partial charge on any atom is 0.397 e. The van der Waals surface area contributed by atoms with Crippen LogP contribution in [0.5, 0.6) is 0 Å². The molecule has 1 rings (SSSR count). The second kappa shape index (κ2) is 30.6. The molecule has 1 fully saturated rings. The minimum absolute atomic E-state index is 0.0432. The molecule has 0 radical (unpaired) electrons. The minimum atomic E-state index is -5.05. The molecule has 0 saturated carbocycles. The third kappa shape index (κ3) is 24.4. The van der Waals surface area contributed by atoms with Gasteiger partial charge in [0.2, 0.25) is 0 Å². The maximum atomic E-state index is 12.7. The van der Waals surface area contributed by atoms with Crippen LogP contribution in [0.25, 0.3) is 0 Å². The topological polar surface area (TPSA) is 178 Å². The molecule has 0 spiro atoms. The van der Waals surface area contributed by atoms with E-state index in [0.717, 1.165) is 38.5 Å². The van der Waals surface area contributed by atoms with Gasteiger partial charge in [-0.1, -0.05) is 149 Å². The van der Waals surface area contributed by atoms with E-state index in [4.69, 9.17) is 23.5 Å². The Hall–Kier alpha value is -0.900. The molecule has 6 unspecified atom stereocenters. The maximum absolute atomic E-state index is 12.7. The van der Waals surface area contributed by atoms with Gasteiger partial charge in [0, 0.05) is 13.0 Å². The lowest BCUT2D eigenvalue weighted by molar-refractivity contribution is -0.301. The highest BCUT2D eigenvalue weighted by molar-refractivity contribution is 7.80. The smallest absolute Gasteiger partial charge is 0.397 e. The van der Waals surface area contributed by atoms with Crippen molar-refractivity contribution in [3.63, 3.8) is 0 Å². The van der Waals surface area contributed by atoms with E-state index < -0.39 is 59.8 Å². The predicted molar refractivity (Wildman–Crippen MR) is 193 cm³/mol. The first kappa shape index (κ1) is 47.1. The Morgan fingerprint density at radius 2 is 1.14 bits per heavy atom. The van der Waals surface area contributed by atoms with Gasteiger partial charge in [-0.05, 0) is 12.8 Å². The molecule has 1 saturated heterocycles. The summed E-state index contributed by atoms with van der Waals surface area (Å²) in [5.41, 5.74) is 0. The lowest BCUT2D eigenvalue weighted by Gasteiger charge is -2.41. The van der Waals surface area contributed by atoms with Gasteiger partial charge < -0.3 is 34.3 Å². The normalized spacial score (nSPS) is 21.8. The van der Waals surface area contributed by atoms with E-state index in [-0.39, 0.29) is 19.6 Å². The number of esters is 1. The fourth-order valence-corrected chi connectivity index (χ4v) is 6.71. The number of carbonyl (C=O) groups excluding carboxylic acids is 1. The molecule has 6 atom stereocenters. The van der Waals surface area contributed by atoms with Gasteiger partial charge in [0.1, 0.15) is 30.5 Å². The van der Waals surface area contributed by atoms with Gasteiger partial charge in [-0.25, -0.2) is 4.18 Å². The van der Waals surface area contributed by atoms with Crippen molar-refractivity contribution < 1.29 is 56.2 Å². The van der Waals surface area contributed by atoms with Gasteiger partial charge in [-0.3, -0.25) is 9.35 Å². The highest BCUT2D eigenvalue weighted by Crippen LogP contribution is 2.26. The first-order chi connectivity index (χ1) is 24.1. The average Bonchev–Trinajstić information content (AvgIpc) is 3.08. The van der Waals surface area contributed by atoms with Crippen molar-refractivity contribution in [1.29, 1.82) is 0 Å². The van der Waals surface area contributed by atoms with Crippen LogP contribution in [0.15, 0.2) is 0 Å². The Morgan fingerprint density at radius 3 is 1.60 bits per heavy atom. The Balaban J connectivity index is 2.45. The molecule has 0 aromatic rings. The third-order valence-corrected chi connectivity index (χ3v) is 9.69. The quantitative estimate of drug-likeness (QED) is 0.0303. The number of ether oxygens (including phenoxy) is 4. The average molecular weight is 741 g/mol. The standard InChI is InChI=1S/C37H72O12S/c1-3-5-7-9-11-13-14-15-16-17-18-19-21-23-25-27-45-29-31(47-33(39)26-24-22-20-12-10-8-6-4-2)30-46-37-35(41)36(49-50(42,43)44)34(40)32(28-38)48-37/h31-32,34-38,40-41H,3-30H2,1-2H3,(H,42,43,44). The fourth-order valence-electron chi connectivity index (χ4n) is 6.20. The van der Waals surface area contributed by atoms with E-state index >= 15 is 0 Å². The molecule has 0 bridgehead atoms. The summed E-state index contributed by atoms with van der Waals surface area (Å²) >= 11 is 0. The lowest BCUT2D eigenvalue weighted by Crippen LogP contribution is -2.60. The van der Waals surface area contributed by atoms with Gasteiger partial charge >= 0.3 is 16.4 Å². The minimum Gasteiger partial charge on any atom is -0.457 e. The SMILES string of the molecule is CCCCCCCCCCCCCCCCCOCC(COC1OC(CO)C(O)C(OS(=O)(=O)O)C1O)OC(=O)CCCCCCCCCC. The summed E-state index contributed by atoms with van der Waals surface area (Å²) in [5, 5.41) is 30.5. The lowest BCUT2D eigenvalue weighted by atomic mass is 9.99. The monoisotopic (exact) mass is 740 g/mol. The van der Waals surface area contributed by atoms with Crippen molar-refractivity contribution in [2.45, 2.75) is 205 Å². The first-order valence-electron chi connectivity index (χ1n) is 19.8. The van der Waals surface area contributed by atoms with Gasteiger partial charge in [0.25, 0.3) is 0 Å². The largest absolute Gasteiger partial charge is 0.457 e. The van der Waals surface area contributed by atoms with Gasteiger partial charge in [-0.2, -0.15) is 8.42 Å². The molecule has 1 aliphatic rings. The molecule has 12 nitrogen and oxygen atoms in total. The number of aliphatic hydroxyl groups excluding tert-OH is 3. The summed E-state index contributed by atoms with van der Waals surface area (Å²) in [4.78, 5) is 12.7. The molecule has 1 heterocycles. The number of carbonyl (C=O) groups is 1. The van der Waals surface area contributed by atoms with Gasteiger partial charge in [0.05, 0.1) is 19.8 Å². The molecule has 4 N–H and O–H groups in total. The molecule has 0 aliphatic carbocycles. The predicted octanol–water partition coefficient (Wildman–Crippen LogP) is 6.96. The number of hydrogen-bond donors (Lipinski definition) is 4. The zero-order valence-corrected chi connectivity index (χ0v) is 32.0. The number of rotatable bonds is 34. The van der Waals surface area contributed by atoms with Crippen LogP contribution >= 0.6 is 0 Å². The molecule has 0 amide bonds. The van der Waals surface area contributed by atoms with Crippen molar-refractivity contribution in [3.05, 3.63) is 0 Å². The van der Waals surface area contributed by atoms with Crippen molar-refractivity contribution in [1.82, 2.24) is 0 Å². The summed E-state index contributed by atoms with van der Waals surface area (Å²) < 4.78 is 58.7. The Morgan fingerprint density at radius 1 is 0.680 bits per heavy atom. The summed E-state index contributed by atoms with van der Waals surface area (Å²) in [6.45, 7) is 3.96. The van der Waals surface area contributed by atoms with Crippen LogP contribution < -0.4 is 0 Å². The van der Waals surface area contributed by atoms with E-state index in [0.29, 0.717) is 13.0 Å². The van der Waals surface area contributed by atoms with E-state index in [1.807, 2.05) is 0 Å². The second-order valence-electron chi connectivity index (χ2n) is 13.9. The van der Waals surface area contributed by atoms with Crippen LogP contribution in [0.4, 0.5) is 0 Å². The highest BCUT2D eigenvalue weighted by Gasteiger charge is 2.48. The summed E-state index contributed by atoms with van der Waals surface area (Å²) in [7, 11) is -5.05. The van der Waals surface area contributed by atoms with Gasteiger partial charge in [0.15, 0.2) is 6.29 Å². The van der Waals surface area contributed by atoms with Crippen LogP contribution in [0.3, 0.4) is 0 Å². The molecule has 0 aromatic carbocycles. The first-order valence-corrected chi connectivity index (χ1v) is 21.2. The van der Waals surface area contributed by atoms with Crippen molar-refractivity contribution >= 4 is 16.4 Å². The molecular formula is C37H72O12S. The van der Waals surface area contributed by atoms with Crippen molar-refractivity contribution in [2.24, 2.45) is 0 Å². The zero-order valence-electron chi connectivity index (χ0n) is 31.2. The summed E-state index contributed by atoms with van der Waals surface area (Å²) in [6, 6.07) is 0. The Labute approximate surface area is 303 Å².